The molecule has 148 valence electrons. The quantitative estimate of drug-likeness (QED) is 0.841. The van der Waals surface area contributed by atoms with Gasteiger partial charge in [0.2, 0.25) is 18.3 Å². The Bertz CT molecular complexity index is 918. The van der Waals surface area contributed by atoms with Gasteiger partial charge in [-0.3, -0.25) is 4.90 Å². The Labute approximate surface area is 163 Å². The van der Waals surface area contributed by atoms with Crippen LogP contribution in [0.5, 0.6) is 34.5 Å². The van der Waals surface area contributed by atoms with Crippen molar-refractivity contribution in [1.82, 2.24) is 4.90 Å². The molecular weight excluding hydrogens is 362 g/mol. The van der Waals surface area contributed by atoms with Crippen LogP contribution in [0.25, 0.3) is 0 Å². The largest absolute Gasteiger partial charge is 0.504 e. The maximum Gasteiger partial charge on any atom is 0.231 e. The monoisotopic (exact) mass is 385 g/mol. The molecule has 1 fully saturated rings. The van der Waals surface area contributed by atoms with Crippen molar-refractivity contribution in [2.75, 3.05) is 27.6 Å². The molecule has 5 rings (SSSR count). The third-order valence-corrected chi connectivity index (χ3v) is 6.08. The van der Waals surface area contributed by atoms with Crippen LogP contribution in [0.4, 0.5) is 0 Å². The Hall–Kier alpha value is -2.80. The summed E-state index contributed by atoms with van der Waals surface area (Å²) in [6, 6.07) is 5.90. The summed E-state index contributed by atoms with van der Waals surface area (Å²) >= 11 is 0. The Balaban J connectivity index is 1.72. The Morgan fingerprint density at radius 1 is 1.04 bits per heavy atom. The molecule has 0 aliphatic carbocycles. The third kappa shape index (κ3) is 2.39. The second kappa shape index (κ2) is 6.38. The van der Waals surface area contributed by atoms with Gasteiger partial charge in [-0.25, -0.2) is 0 Å². The molecule has 0 bridgehead atoms. The molecule has 3 aliphatic rings. The first-order valence-corrected chi connectivity index (χ1v) is 9.47. The van der Waals surface area contributed by atoms with E-state index in [2.05, 4.69) is 4.90 Å². The Kier molecular flexibility index (Phi) is 3.94. The maximum absolute atomic E-state index is 10.9. The van der Waals surface area contributed by atoms with Gasteiger partial charge in [0.1, 0.15) is 0 Å². The number of fused-ring (bicyclic) bond motifs is 3. The van der Waals surface area contributed by atoms with Crippen molar-refractivity contribution in [3.05, 3.63) is 34.9 Å². The van der Waals surface area contributed by atoms with Crippen LogP contribution in [0.1, 0.15) is 35.6 Å². The number of benzene rings is 2. The van der Waals surface area contributed by atoms with Gasteiger partial charge in [-0.15, -0.1) is 0 Å². The van der Waals surface area contributed by atoms with Crippen molar-refractivity contribution in [3.8, 4) is 34.5 Å². The van der Waals surface area contributed by atoms with Gasteiger partial charge in [-0.05, 0) is 55.1 Å². The van der Waals surface area contributed by atoms with Gasteiger partial charge in [-0.1, -0.05) is 0 Å². The summed E-state index contributed by atoms with van der Waals surface area (Å²) in [4.78, 5) is 2.45. The van der Waals surface area contributed by atoms with Gasteiger partial charge in [0.15, 0.2) is 23.0 Å². The van der Waals surface area contributed by atoms with Gasteiger partial charge >= 0.3 is 0 Å². The van der Waals surface area contributed by atoms with Crippen molar-refractivity contribution in [2.24, 2.45) is 0 Å². The maximum atomic E-state index is 10.9. The minimum atomic E-state index is -0.0972. The normalized spacial score (nSPS) is 22.6. The molecule has 2 N–H and O–H groups in total. The lowest BCUT2D eigenvalue weighted by Crippen LogP contribution is -2.40. The predicted octanol–water partition coefficient (Wildman–Crippen LogP) is 2.95. The molecule has 0 spiro atoms. The summed E-state index contributed by atoms with van der Waals surface area (Å²) in [7, 11) is 3.05. The SMILES string of the molecule is COc1cc(C2c3cc4c(c(O)c3CC3CCCN32)OCO4)cc(OC)c1O. The smallest absolute Gasteiger partial charge is 0.231 e. The van der Waals surface area contributed by atoms with E-state index in [0.717, 1.165) is 42.5 Å². The molecule has 7 nitrogen and oxygen atoms in total. The molecule has 1 saturated heterocycles. The van der Waals surface area contributed by atoms with E-state index in [1.54, 1.807) is 0 Å². The van der Waals surface area contributed by atoms with E-state index in [1.807, 2.05) is 18.2 Å². The zero-order chi connectivity index (χ0) is 19.4. The van der Waals surface area contributed by atoms with Gasteiger partial charge in [0.05, 0.1) is 20.3 Å². The molecule has 2 aromatic carbocycles. The molecule has 3 heterocycles. The fourth-order valence-corrected chi connectivity index (χ4v) is 4.82. The minimum absolute atomic E-state index is 0.0173. The number of rotatable bonds is 3. The zero-order valence-corrected chi connectivity index (χ0v) is 15.9. The number of phenols is 2. The number of aromatic hydroxyl groups is 2. The molecule has 0 aromatic heterocycles. The molecule has 3 aliphatic heterocycles. The van der Waals surface area contributed by atoms with E-state index in [1.165, 1.54) is 14.2 Å². The molecule has 2 atom stereocenters. The van der Waals surface area contributed by atoms with Crippen LogP contribution in [0.2, 0.25) is 0 Å². The lowest BCUT2D eigenvalue weighted by molar-refractivity contribution is 0.171. The van der Waals surface area contributed by atoms with Crippen LogP contribution in [0.15, 0.2) is 18.2 Å². The van der Waals surface area contributed by atoms with Crippen molar-refractivity contribution in [1.29, 1.82) is 0 Å². The first-order valence-electron chi connectivity index (χ1n) is 9.47. The second-order valence-corrected chi connectivity index (χ2v) is 7.44. The van der Waals surface area contributed by atoms with Gasteiger partial charge in [-0.2, -0.15) is 0 Å². The van der Waals surface area contributed by atoms with E-state index in [9.17, 15) is 10.2 Å². The second-order valence-electron chi connectivity index (χ2n) is 7.44. The minimum Gasteiger partial charge on any atom is -0.504 e. The van der Waals surface area contributed by atoms with E-state index >= 15 is 0 Å². The van der Waals surface area contributed by atoms with E-state index < -0.39 is 0 Å². The number of nitrogens with zero attached hydrogens (tertiary/aromatic N) is 1. The number of ether oxygens (including phenoxy) is 4. The van der Waals surface area contributed by atoms with Crippen LogP contribution >= 0.6 is 0 Å². The fourth-order valence-electron chi connectivity index (χ4n) is 4.82. The Morgan fingerprint density at radius 2 is 1.79 bits per heavy atom. The van der Waals surface area contributed by atoms with Crippen LogP contribution in [0.3, 0.4) is 0 Å². The average molecular weight is 385 g/mol. The summed E-state index contributed by atoms with van der Waals surface area (Å²) in [5, 5.41) is 21.2. The highest BCUT2D eigenvalue weighted by molar-refractivity contribution is 5.63. The lowest BCUT2D eigenvalue weighted by Gasteiger charge is -2.40. The molecule has 0 amide bonds. The van der Waals surface area contributed by atoms with Gasteiger partial charge in [0.25, 0.3) is 0 Å². The van der Waals surface area contributed by atoms with Crippen molar-refractivity contribution in [3.63, 3.8) is 0 Å². The molecule has 2 aromatic rings. The van der Waals surface area contributed by atoms with Crippen LogP contribution in [-0.4, -0.2) is 48.7 Å². The summed E-state index contributed by atoms with van der Waals surface area (Å²) in [5.41, 5.74) is 2.84. The number of hydrogen-bond donors (Lipinski definition) is 2. The molecule has 7 heteroatoms. The fraction of sp³-hybridized carbons (Fsp3) is 0.429. The predicted molar refractivity (Wildman–Crippen MR) is 101 cm³/mol. The number of methoxy groups -OCH3 is 2. The average Bonchev–Trinajstić information content (AvgIpc) is 3.36. The lowest BCUT2D eigenvalue weighted by atomic mass is 9.84. The third-order valence-electron chi connectivity index (χ3n) is 6.08. The van der Waals surface area contributed by atoms with E-state index in [0.29, 0.717) is 29.0 Å². The molecular formula is C21H23NO6. The van der Waals surface area contributed by atoms with Crippen LogP contribution in [-0.2, 0) is 6.42 Å². The standard InChI is InChI=1S/C21H23NO6/c1-25-15-6-11(7-16(26-2)20(15)24)18-13-9-17-21(28-10-27-17)19(23)14(13)8-12-4-3-5-22(12)18/h6-7,9,12,18,23-24H,3-5,8,10H2,1-2H3. The molecule has 28 heavy (non-hydrogen) atoms. The molecule has 0 radical (unpaired) electrons. The highest BCUT2D eigenvalue weighted by Gasteiger charge is 2.41. The number of hydrogen-bond acceptors (Lipinski definition) is 7. The van der Waals surface area contributed by atoms with Crippen LogP contribution in [0, 0.1) is 0 Å². The summed E-state index contributed by atoms with van der Waals surface area (Å²) < 4.78 is 21.8. The van der Waals surface area contributed by atoms with Gasteiger partial charge < -0.3 is 29.2 Å². The van der Waals surface area contributed by atoms with E-state index in [-0.39, 0.29) is 24.3 Å². The highest BCUT2D eigenvalue weighted by atomic mass is 16.7. The first-order chi connectivity index (χ1) is 13.6. The topological polar surface area (TPSA) is 80.6 Å². The van der Waals surface area contributed by atoms with Crippen molar-refractivity contribution in [2.45, 2.75) is 31.3 Å². The Morgan fingerprint density at radius 3 is 2.50 bits per heavy atom. The van der Waals surface area contributed by atoms with Crippen molar-refractivity contribution >= 4 is 0 Å². The summed E-state index contributed by atoms with van der Waals surface area (Å²) in [5.74, 6) is 1.89. The van der Waals surface area contributed by atoms with Gasteiger partial charge in [0, 0.05) is 11.6 Å². The summed E-state index contributed by atoms with van der Waals surface area (Å²) in [6.45, 7) is 1.08. The van der Waals surface area contributed by atoms with Crippen molar-refractivity contribution < 1.29 is 29.2 Å². The number of phenolic OH excluding ortho intramolecular Hbond substituents is 2. The van der Waals surface area contributed by atoms with Crippen LogP contribution < -0.4 is 18.9 Å². The molecule has 2 unspecified atom stereocenters. The van der Waals surface area contributed by atoms with E-state index in [4.69, 9.17) is 18.9 Å². The first kappa shape index (κ1) is 17.3. The highest BCUT2D eigenvalue weighted by Crippen LogP contribution is 2.53. The molecule has 0 saturated carbocycles. The summed E-state index contributed by atoms with van der Waals surface area (Å²) in [6.07, 6.45) is 2.96. The zero-order valence-electron chi connectivity index (χ0n) is 15.9.